The quantitative estimate of drug-likeness (QED) is 0.843. The van der Waals surface area contributed by atoms with Crippen molar-refractivity contribution in [3.63, 3.8) is 0 Å². The van der Waals surface area contributed by atoms with E-state index in [0.717, 1.165) is 10.2 Å². The summed E-state index contributed by atoms with van der Waals surface area (Å²) >= 11 is 3.37. The van der Waals surface area contributed by atoms with E-state index in [9.17, 15) is 8.42 Å². The standard InChI is InChI=1S/C11H13BrO3S/c12-9-2-1-3-11(8-9)15-10-4-6-16(13,14)7-5-10/h1-3,8,10H,4-7H2. The second kappa shape index (κ2) is 4.75. The minimum absolute atomic E-state index is 0.0258. The van der Waals surface area contributed by atoms with Crippen molar-refractivity contribution in [1.82, 2.24) is 0 Å². The molecule has 0 spiro atoms. The number of halogens is 1. The molecule has 1 saturated heterocycles. The SMILES string of the molecule is O=S1(=O)CCC(Oc2cccc(Br)c2)CC1. The van der Waals surface area contributed by atoms with Crippen LogP contribution in [0.4, 0.5) is 0 Å². The van der Waals surface area contributed by atoms with Gasteiger partial charge in [0.1, 0.15) is 11.9 Å². The molecule has 0 unspecified atom stereocenters. The summed E-state index contributed by atoms with van der Waals surface area (Å²) < 4.78 is 29.2. The maximum absolute atomic E-state index is 11.2. The highest BCUT2D eigenvalue weighted by atomic mass is 79.9. The van der Waals surface area contributed by atoms with Crippen LogP contribution in [0, 0.1) is 0 Å². The maximum atomic E-state index is 11.2. The molecule has 88 valence electrons. The summed E-state index contributed by atoms with van der Waals surface area (Å²) in [5.74, 6) is 1.27. The average molecular weight is 305 g/mol. The largest absolute Gasteiger partial charge is 0.490 e. The van der Waals surface area contributed by atoms with Crippen LogP contribution in [0.15, 0.2) is 28.7 Å². The van der Waals surface area contributed by atoms with Gasteiger partial charge in [-0.25, -0.2) is 8.42 Å². The van der Waals surface area contributed by atoms with E-state index in [-0.39, 0.29) is 17.6 Å². The number of ether oxygens (including phenoxy) is 1. The van der Waals surface area contributed by atoms with Crippen LogP contribution in [0.2, 0.25) is 0 Å². The Balaban J connectivity index is 1.97. The molecule has 3 nitrogen and oxygen atoms in total. The fourth-order valence-electron chi connectivity index (χ4n) is 1.72. The van der Waals surface area contributed by atoms with E-state index in [1.807, 2.05) is 24.3 Å². The highest BCUT2D eigenvalue weighted by Gasteiger charge is 2.24. The molecule has 16 heavy (non-hydrogen) atoms. The Bertz CT molecular complexity index is 456. The molecule has 0 radical (unpaired) electrons. The number of rotatable bonds is 2. The molecule has 1 aliphatic heterocycles. The van der Waals surface area contributed by atoms with Gasteiger partial charge in [-0.05, 0) is 31.0 Å². The van der Waals surface area contributed by atoms with Crippen LogP contribution in [0.25, 0.3) is 0 Å². The molecule has 0 atom stereocenters. The van der Waals surface area contributed by atoms with Crippen LogP contribution in [-0.2, 0) is 9.84 Å². The average Bonchev–Trinajstić information content (AvgIpc) is 2.21. The van der Waals surface area contributed by atoms with Gasteiger partial charge in [-0.3, -0.25) is 0 Å². The summed E-state index contributed by atoms with van der Waals surface area (Å²) in [6.07, 6.45) is 1.21. The van der Waals surface area contributed by atoms with Gasteiger partial charge in [-0.1, -0.05) is 22.0 Å². The van der Waals surface area contributed by atoms with Gasteiger partial charge in [0.15, 0.2) is 9.84 Å². The Morgan fingerprint density at radius 1 is 1.25 bits per heavy atom. The summed E-state index contributed by atoms with van der Waals surface area (Å²) in [6.45, 7) is 0. The molecule has 0 aromatic heterocycles. The minimum atomic E-state index is -2.81. The number of hydrogen-bond acceptors (Lipinski definition) is 3. The van der Waals surface area contributed by atoms with E-state index in [2.05, 4.69) is 15.9 Å². The van der Waals surface area contributed by atoms with Crippen molar-refractivity contribution in [2.75, 3.05) is 11.5 Å². The lowest BCUT2D eigenvalue weighted by Gasteiger charge is -2.23. The first-order chi connectivity index (χ1) is 7.55. The minimum Gasteiger partial charge on any atom is -0.490 e. The van der Waals surface area contributed by atoms with Gasteiger partial charge in [0, 0.05) is 4.47 Å². The summed E-state index contributed by atoms with van der Waals surface area (Å²) in [7, 11) is -2.81. The van der Waals surface area contributed by atoms with Crippen LogP contribution in [0.1, 0.15) is 12.8 Å². The monoisotopic (exact) mass is 304 g/mol. The van der Waals surface area contributed by atoms with Gasteiger partial charge in [0.2, 0.25) is 0 Å². The molecule has 2 rings (SSSR count). The third-order valence-corrected chi connectivity index (χ3v) is 4.81. The predicted molar refractivity (Wildman–Crippen MR) is 66.4 cm³/mol. The molecule has 0 amide bonds. The van der Waals surface area contributed by atoms with E-state index in [1.54, 1.807) is 0 Å². The van der Waals surface area contributed by atoms with Gasteiger partial charge in [0.05, 0.1) is 11.5 Å². The summed E-state index contributed by atoms with van der Waals surface area (Å²) in [6, 6.07) is 7.61. The van der Waals surface area contributed by atoms with Crippen molar-refractivity contribution in [2.45, 2.75) is 18.9 Å². The third kappa shape index (κ3) is 3.22. The van der Waals surface area contributed by atoms with Crippen molar-refractivity contribution in [3.8, 4) is 5.75 Å². The molecule has 0 bridgehead atoms. The van der Waals surface area contributed by atoms with Crippen molar-refractivity contribution < 1.29 is 13.2 Å². The fraction of sp³-hybridized carbons (Fsp3) is 0.455. The Morgan fingerprint density at radius 2 is 1.94 bits per heavy atom. The van der Waals surface area contributed by atoms with Crippen LogP contribution in [0.3, 0.4) is 0 Å². The van der Waals surface area contributed by atoms with Crippen molar-refractivity contribution in [3.05, 3.63) is 28.7 Å². The number of benzene rings is 1. The molecule has 0 N–H and O–H groups in total. The van der Waals surface area contributed by atoms with Crippen LogP contribution >= 0.6 is 15.9 Å². The summed E-state index contributed by atoms with van der Waals surface area (Å²) in [5.41, 5.74) is 0. The van der Waals surface area contributed by atoms with Gasteiger partial charge < -0.3 is 4.74 Å². The maximum Gasteiger partial charge on any atom is 0.150 e. The van der Waals surface area contributed by atoms with Crippen molar-refractivity contribution >= 4 is 25.8 Å². The van der Waals surface area contributed by atoms with Crippen LogP contribution < -0.4 is 4.74 Å². The van der Waals surface area contributed by atoms with E-state index in [1.165, 1.54) is 0 Å². The van der Waals surface area contributed by atoms with E-state index < -0.39 is 9.84 Å². The summed E-state index contributed by atoms with van der Waals surface area (Å²) in [4.78, 5) is 0. The molecule has 1 aromatic carbocycles. The Kier molecular flexibility index (Phi) is 3.54. The Hall–Kier alpha value is -0.550. The molecule has 1 heterocycles. The second-order valence-corrected chi connectivity index (χ2v) is 7.15. The molecule has 5 heteroatoms. The van der Waals surface area contributed by atoms with Crippen molar-refractivity contribution in [1.29, 1.82) is 0 Å². The lowest BCUT2D eigenvalue weighted by atomic mass is 10.2. The topological polar surface area (TPSA) is 43.4 Å². The Morgan fingerprint density at radius 3 is 2.56 bits per heavy atom. The van der Waals surface area contributed by atoms with E-state index in [0.29, 0.717) is 12.8 Å². The molecule has 1 fully saturated rings. The third-order valence-electron chi connectivity index (χ3n) is 2.60. The first-order valence-corrected chi connectivity index (χ1v) is 7.79. The second-order valence-electron chi connectivity index (χ2n) is 3.93. The molecule has 1 aliphatic rings. The highest BCUT2D eigenvalue weighted by Crippen LogP contribution is 2.22. The van der Waals surface area contributed by atoms with Gasteiger partial charge in [0.25, 0.3) is 0 Å². The van der Waals surface area contributed by atoms with Crippen LogP contribution in [-0.4, -0.2) is 26.0 Å². The Labute approximate surface area is 104 Å². The van der Waals surface area contributed by atoms with E-state index >= 15 is 0 Å². The van der Waals surface area contributed by atoms with Crippen molar-refractivity contribution in [2.24, 2.45) is 0 Å². The predicted octanol–water partition coefficient (Wildman–Crippen LogP) is 2.41. The fourth-order valence-corrected chi connectivity index (χ4v) is 3.55. The normalized spacial score (nSPS) is 20.6. The lowest BCUT2D eigenvalue weighted by molar-refractivity contribution is 0.189. The number of sulfone groups is 1. The first-order valence-electron chi connectivity index (χ1n) is 5.18. The number of hydrogen-bond donors (Lipinski definition) is 0. The van der Waals surface area contributed by atoms with Gasteiger partial charge >= 0.3 is 0 Å². The zero-order valence-electron chi connectivity index (χ0n) is 8.73. The zero-order chi connectivity index (χ0) is 11.6. The molecule has 1 aromatic rings. The smallest absolute Gasteiger partial charge is 0.150 e. The zero-order valence-corrected chi connectivity index (χ0v) is 11.1. The molecular weight excluding hydrogens is 292 g/mol. The summed E-state index contributed by atoms with van der Waals surface area (Å²) in [5, 5.41) is 0. The van der Waals surface area contributed by atoms with Crippen LogP contribution in [0.5, 0.6) is 5.75 Å². The highest BCUT2D eigenvalue weighted by molar-refractivity contribution is 9.10. The van der Waals surface area contributed by atoms with E-state index in [4.69, 9.17) is 4.74 Å². The van der Waals surface area contributed by atoms with Gasteiger partial charge in [-0.2, -0.15) is 0 Å². The molecule has 0 saturated carbocycles. The lowest BCUT2D eigenvalue weighted by Crippen LogP contribution is -2.30. The molecular formula is C11H13BrO3S. The first kappa shape index (κ1) is 11.9. The molecule has 0 aliphatic carbocycles. The van der Waals surface area contributed by atoms with Gasteiger partial charge in [-0.15, -0.1) is 0 Å².